The summed E-state index contributed by atoms with van der Waals surface area (Å²) in [6, 6.07) is 0. The standard InChI is InChI=1S/C5H4B4N2/c6-5-10-2-4-11(5)3-1-9(7)8/h1-4H/b3-1-. The molecule has 0 saturated heterocycles. The van der Waals surface area contributed by atoms with Gasteiger partial charge in [-0.2, -0.15) is 0 Å². The molecular weight excluding hydrogens is 131 g/mol. The maximum absolute atomic E-state index is 5.45. The Morgan fingerprint density at radius 2 is 2.27 bits per heavy atom. The summed E-state index contributed by atoms with van der Waals surface area (Å²) in [5.74, 6) is 1.62. The zero-order chi connectivity index (χ0) is 8.27. The highest BCUT2D eigenvalue weighted by Crippen LogP contribution is 1.83. The average molecular weight is 135 g/mol. The summed E-state index contributed by atoms with van der Waals surface area (Å²) in [5, 5.41) is 0. The van der Waals surface area contributed by atoms with Crippen molar-refractivity contribution in [2.75, 3.05) is 0 Å². The number of rotatable bonds is 2. The van der Waals surface area contributed by atoms with Gasteiger partial charge in [0.1, 0.15) is 0 Å². The molecule has 0 aliphatic rings. The molecule has 0 unspecified atom stereocenters. The van der Waals surface area contributed by atoms with Crippen LogP contribution in [0.2, 0.25) is 0 Å². The van der Waals surface area contributed by atoms with Gasteiger partial charge in [0, 0.05) is 27.9 Å². The molecule has 6 radical (unpaired) electrons. The van der Waals surface area contributed by atoms with Crippen molar-refractivity contribution in [1.29, 1.82) is 0 Å². The third-order valence-electron chi connectivity index (χ3n) is 1.17. The molecule has 0 N–H and O–H groups in total. The van der Waals surface area contributed by atoms with Gasteiger partial charge in [-0.15, -0.1) is 5.98 Å². The molecule has 1 rings (SSSR count). The Balaban J connectivity index is 2.71. The molecule has 46 valence electrons. The van der Waals surface area contributed by atoms with Crippen molar-refractivity contribution in [3.8, 4) is 0 Å². The van der Waals surface area contributed by atoms with Crippen LogP contribution in [-0.2, 0) is 0 Å². The molecule has 0 bridgehead atoms. The Morgan fingerprint density at radius 1 is 1.55 bits per heavy atom. The molecule has 0 spiro atoms. The van der Waals surface area contributed by atoms with Crippen molar-refractivity contribution >= 4 is 41.7 Å². The molecule has 1 aromatic rings. The molecule has 11 heavy (non-hydrogen) atoms. The number of imidazole rings is 1. The molecule has 0 aromatic carbocycles. The Kier molecular flexibility index (Phi) is 2.69. The second-order valence-electron chi connectivity index (χ2n) is 2.11. The van der Waals surface area contributed by atoms with E-state index in [1.165, 1.54) is 0 Å². The minimum atomic E-state index is -0.461. The number of aromatic nitrogens is 2. The highest BCUT2D eigenvalue weighted by molar-refractivity contribution is 7.31. The molecule has 0 fully saturated rings. The van der Waals surface area contributed by atoms with Gasteiger partial charge in [-0.05, 0) is 6.20 Å². The van der Waals surface area contributed by atoms with E-state index < -0.39 is 6.49 Å². The summed E-state index contributed by atoms with van der Waals surface area (Å²) in [4.78, 5) is 3.80. The first-order valence-corrected chi connectivity index (χ1v) is 3.18. The highest BCUT2D eigenvalue weighted by Gasteiger charge is 1.91. The lowest BCUT2D eigenvalue weighted by atomic mass is 9.20. The molecule has 0 aliphatic heterocycles. The van der Waals surface area contributed by atoms with E-state index in [9.17, 15) is 0 Å². The fourth-order valence-corrected chi connectivity index (χ4v) is 0.643. The van der Waals surface area contributed by atoms with E-state index >= 15 is 0 Å². The van der Waals surface area contributed by atoms with Crippen LogP contribution in [0.25, 0.3) is 6.20 Å². The molecular formula is C5H4B4N2. The predicted molar refractivity (Wildman–Crippen MR) is 50.2 cm³/mol. The van der Waals surface area contributed by atoms with Gasteiger partial charge < -0.3 is 4.57 Å². The van der Waals surface area contributed by atoms with Gasteiger partial charge in [0.15, 0.2) is 7.85 Å². The summed E-state index contributed by atoms with van der Waals surface area (Å²) in [6.07, 6.45) is 4.99. The third-order valence-corrected chi connectivity index (χ3v) is 1.17. The SMILES string of the molecule is [B]B([B])/C=C\n1ccnc1[B]. The van der Waals surface area contributed by atoms with E-state index in [4.69, 9.17) is 23.3 Å². The summed E-state index contributed by atoms with van der Waals surface area (Å²) < 4.78 is 1.63. The quantitative estimate of drug-likeness (QED) is 0.452. The summed E-state index contributed by atoms with van der Waals surface area (Å²) in [7, 11) is 16.0. The van der Waals surface area contributed by atoms with Crippen LogP contribution in [0.4, 0.5) is 0 Å². The topological polar surface area (TPSA) is 17.8 Å². The summed E-state index contributed by atoms with van der Waals surface area (Å²) in [5.41, 5.74) is 0.418. The summed E-state index contributed by atoms with van der Waals surface area (Å²) in [6.45, 7) is -0.461. The van der Waals surface area contributed by atoms with Gasteiger partial charge >= 0.3 is 0 Å². The second kappa shape index (κ2) is 3.56. The van der Waals surface area contributed by atoms with Crippen LogP contribution in [0.5, 0.6) is 0 Å². The van der Waals surface area contributed by atoms with Crippen LogP contribution >= 0.6 is 0 Å². The summed E-state index contributed by atoms with van der Waals surface area (Å²) >= 11 is 0. The van der Waals surface area contributed by atoms with Crippen molar-refractivity contribution in [3.05, 3.63) is 18.4 Å². The van der Waals surface area contributed by atoms with Gasteiger partial charge in [-0.25, -0.2) is 0 Å². The van der Waals surface area contributed by atoms with Crippen LogP contribution in [0.15, 0.2) is 18.4 Å². The Bertz CT molecular complexity index is 255. The van der Waals surface area contributed by atoms with Crippen molar-refractivity contribution in [2.24, 2.45) is 0 Å². The maximum Gasteiger partial charge on any atom is 0.168 e. The van der Waals surface area contributed by atoms with E-state index in [1.807, 2.05) is 0 Å². The monoisotopic (exact) mass is 136 g/mol. The highest BCUT2D eigenvalue weighted by atomic mass is 15.0. The first-order valence-electron chi connectivity index (χ1n) is 3.18. The third kappa shape index (κ3) is 2.37. The van der Waals surface area contributed by atoms with E-state index in [-0.39, 0.29) is 0 Å². The minimum absolute atomic E-state index is 0.418. The molecule has 1 heterocycles. The van der Waals surface area contributed by atoms with Crippen LogP contribution in [-0.4, -0.2) is 39.4 Å². The van der Waals surface area contributed by atoms with E-state index in [0.29, 0.717) is 5.72 Å². The largest absolute Gasteiger partial charge is 0.321 e. The molecule has 0 atom stereocenters. The average Bonchev–Trinajstić information content (AvgIpc) is 2.31. The number of hydrogen-bond donors (Lipinski definition) is 0. The van der Waals surface area contributed by atoms with Crippen molar-refractivity contribution < 1.29 is 0 Å². The number of hydrogen-bond acceptors (Lipinski definition) is 1. The van der Waals surface area contributed by atoms with Crippen molar-refractivity contribution in [3.63, 3.8) is 0 Å². The van der Waals surface area contributed by atoms with E-state index in [2.05, 4.69) is 4.98 Å². The van der Waals surface area contributed by atoms with E-state index in [1.54, 1.807) is 29.1 Å². The predicted octanol–water partition coefficient (Wildman–Crippen LogP) is -1.49. The van der Waals surface area contributed by atoms with Gasteiger partial charge in [-0.1, -0.05) is 0 Å². The minimum Gasteiger partial charge on any atom is -0.321 e. The fourth-order valence-electron chi connectivity index (χ4n) is 0.643. The lowest BCUT2D eigenvalue weighted by molar-refractivity contribution is 1.20. The molecule has 0 aliphatic carbocycles. The molecule has 0 saturated carbocycles. The van der Waals surface area contributed by atoms with Gasteiger partial charge in [0.05, 0.1) is 12.2 Å². The normalized spacial score (nSPS) is 10.5. The van der Waals surface area contributed by atoms with E-state index in [0.717, 1.165) is 0 Å². The first kappa shape index (κ1) is 8.31. The Hall–Kier alpha value is -0.790. The molecule has 6 heteroatoms. The zero-order valence-corrected chi connectivity index (χ0v) is 6.01. The number of nitrogens with zero attached hydrogens (tertiary/aromatic N) is 2. The van der Waals surface area contributed by atoms with Crippen molar-refractivity contribution in [1.82, 2.24) is 9.55 Å². The Morgan fingerprint density at radius 3 is 2.73 bits per heavy atom. The zero-order valence-electron chi connectivity index (χ0n) is 6.01. The second-order valence-corrected chi connectivity index (χ2v) is 2.11. The van der Waals surface area contributed by atoms with Crippen LogP contribution in [0.1, 0.15) is 0 Å². The molecule has 1 aromatic heterocycles. The first-order chi connectivity index (χ1) is 5.20. The van der Waals surface area contributed by atoms with Gasteiger partial charge in [0.2, 0.25) is 0 Å². The van der Waals surface area contributed by atoms with Gasteiger partial charge in [0.25, 0.3) is 0 Å². The van der Waals surface area contributed by atoms with Crippen molar-refractivity contribution in [2.45, 2.75) is 0 Å². The maximum atomic E-state index is 5.45. The lowest BCUT2D eigenvalue weighted by Gasteiger charge is -1.96. The van der Waals surface area contributed by atoms with Gasteiger partial charge in [-0.3, -0.25) is 4.98 Å². The van der Waals surface area contributed by atoms with Crippen LogP contribution in [0.3, 0.4) is 0 Å². The lowest BCUT2D eigenvalue weighted by Crippen LogP contribution is -2.16. The smallest absolute Gasteiger partial charge is 0.168 e. The molecule has 2 nitrogen and oxygen atoms in total. The van der Waals surface area contributed by atoms with Crippen LogP contribution in [0, 0.1) is 0 Å². The molecule has 0 amide bonds. The Labute approximate surface area is 70.4 Å². The van der Waals surface area contributed by atoms with Crippen LogP contribution < -0.4 is 5.72 Å². The fraction of sp³-hybridized carbons (Fsp3) is 0.